The minimum atomic E-state index is -0.124. The highest BCUT2D eigenvalue weighted by molar-refractivity contribution is 9.11. The van der Waals surface area contributed by atoms with Crippen LogP contribution in [0.25, 0.3) is 0 Å². The lowest BCUT2D eigenvalue weighted by atomic mass is 9.53. The Labute approximate surface area is 101 Å². The number of aliphatic hydroxyl groups excluding tert-OH is 1. The van der Waals surface area contributed by atoms with E-state index in [0.717, 1.165) is 19.3 Å². The zero-order chi connectivity index (χ0) is 11.3. The fraction of sp³-hybridized carbons (Fsp3) is 0.846. The Balaban J connectivity index is 2.35. The summed E-state index contributed by atoms with van der Waals surface area (Å²) in [7, 11) is 0. The molecule has 0 aromatic heterocycles. The largest absolute Gasteiger partial charge is 0.393 e. The van der Waals surface area contributed by atoms with Crippen molar-refractivity contribution in [3.63, 3.8) is 0 Å². The molecule has 1 nitrogen and oxygen atoms in total. The molecule has 0 radical (unpaired) electrons. The van der Waals surface area contributed by atoms with Crippen LogP contribution in [0.4, 0.5) is 0 Å². The van der Waals surface area contributed by atoms with Crippen LogP contribution in [0.15, 0.2) is 10.6 Å². The van der Waals surface area contributed by atoms with Gasteiger partial charge in [-0.25, -0.2) is 0 Å². The van der Waals surface area contributed by atoms with Gasteiger partial charge in [-0.3, -0.25) is 0 Å². The van der Waals surface area contributed by atoms with Crippen LogP contribution in [-0.2, 0) is 0 Å². The second-order valence-electron chi connectivity index (χ2n) is 6.06. The van der Waals surface area contributed by atoms with E-state index in [0.29, 0.717) is 11.3 Å². The molecule has 1 fully saturated rings. The molecule has 2 aliphatic carbocycles. The summed E-state index contributed by atoms with van der Waals surface area (Å²) in [5, 5.41) is 10.1. The van der Waals surface area contributed by atoms with Crippen LogP contribution in [0.3, 0.4) is 0 Å². The Morgan fingerprint density at radius 1 is 1.33 bits per heavy atom. The van der Waals surface area contributed by atoms with Crippen molar-refractivity contribution in [2.24, 2.45) is 16.7 Å². The number of aliphatic hydroxyl groups is 1. The summed E-state index contributed by atoms with van der Waals surface area (Å²) in [5.41, 5.74) is 0.358. The maximum atomic E-state index is 10.1. The lowest BCUT2D eigenvalue weighted by molar-refractivity contribution is -0.0832. The Morgan fingerprint density at radius 3 is 2.67 bits per heavy atom. The standard InChI is InChI=1S/C13H21BrO/c1-12(2)10-5-4-9(14)8-13(10,3)7-6-11(12)15/h8,10-11,15H,4-7H2,1-3H3/t10-,11-,13+/m0/s1. The average molecular weight is 273 g/mol. The predicted octanol–water partition coefficient (Wildman–Crippen LogP) is 3.86. The normalized spacial score (nSPS) is 44.5. The fourth-order valence-electron chi connectivity index (χ4n) is 3.66. The molecule has 0 aromatic rings. The van der Waals surface area contributed by atoms with Gasteiger partial charge in [0.1, 0.15) is 0 Å². The first-order chi connectivity index (χ1) is 6.86. The Bertz CT molecular complexity index is 295. The van der Waals surface area contributed by atoms with Crippen molar-refractivity contribution < 1.29 is 5.11 Å². The van der Waals surface area contributed by atoms with Crippen LogP contribution < -0.4 is 0 Å². The van der Waals surface area contributed by atoms with E-state index in [1.807, 2.05) is 0 Å². The molecule has 0 spiro atoms. The van der Waals surface area contributed by atoms with Gasteiger partial charge in [-0.2, -0.15) is 0 Å². The Hall–Kier alpha value is 0.180. The van der Waals surface area contributed by atoms with Gasteiger partial charge in [0, 0.05) is 0 Å². The molecule has 0 saturated heterocycles. The predicted molar refractivity (Wildman–Crippen MR) is 66.9 cm³/mol. The maximum absolute atomic E-state index is 10.1. The van der Waals surface area contributed by atoms with Crippen molar-refractivity contribution in [3.8, 4) is 0 Å². The van der Waals surface area contributed by atoms with Gasteiger partial charge in [0.2, 0.25) is 0 Å². The number of hydrogen-bond acceptors (Lipinski definition) is 1. The third-order valence-electron chi connectivity index (χ3n) is 4.67. The highest BCUT2D eigenvalue weighted by Crippen LogP contribution is 2.56. The van der Waals surface area contributed by atoms with Crippen LogP contribution >= 0.6 is 15.9 Å². The highest BCUT2D eigenvalue weighted by Gasteiger charge is 2.50. The lowest BCUT2D eigenvalue weighted by Gasteiger charge is -2.54. The minimum Gasteiger partial charge on any atom is -0.393 e. The van der Waals surface area contributed by atoms with Gasteiger partial charge in [0.15, 0.2) is 0 Å². The van der Waals surface area contributed by atoms with Crippen molar-refractivity contribution >= 4 is 15.9 Å². The summed E-state index contributed by atoms with van der Waals surface area (Å²) in [6.45, 7) is 6.81. The molecular weight excluding hydrogens is 252 g/mol. The van der Waals surface area contributed by atoms with Crippen molar-refractivity contribution in [1.29, 1.82) is 0 Å². The van der Waals surface area contributed by atoms with Crippen molar-refractivity contribution in [2.45, 2.75) is 52.6 Å². The van der Waals surface area contributed by atoms with Gasteiger partial charge < -0.3 is 5.11 Å². The van der Waals surface area contributed by atoms with E-state index in [1.165, 1.54) is 10.9 Å². The molecule has 2 aliphatic rings. The molecule has 0 aliphatic heterocycles. The Kier molecular flexibility index (Phi) is 2.79. The molecule has 15 heavy (non-hydrogen) atoms. The van der Waals surface area contributed by atoms with Crippen LogP contribution in [-0.4, -0.2) is 11.2 Å². The molecule has 0 aromatic carbocycles. The van der Waals surface area contributed by atoms with E-state index in [1.54, 1.807) is 0 Å². The van der Waals surface area contributed by atoms with Crippen LogP contribution in [0, 0.1) is 16.7 Å². The SMILES string of the molecule is CC1(C)[C@@H](O)CC[C@]2(C)C=C(Br)CC[C@@H]12. The van der Waals surface area contributed by atoms with Crippen molar-refractivity contribution in [3.05, 3.63) is 10.6 Å². The molecule has 0 bridgehead atoms. The minimum absolute atomic E-state index is 0.0667. The summed E-state index contributed by atoms with van der Waals surface area (Å²) < 4.78 is 1.36. The van der Waals surface area contributed by atoms with Gasteiger partial charge >= 0.3 is 0 Å². The first-order valence-electron chi connectivity index (χ1n) is 5.91. The quantitative estimate of drug-likeness (QED) is 0.710. The Morgan fingerprint density at radius 2 is 2.00 bits per heavy atom. The van der Waals surface area contributed by atoms with Gasteiger partial charge in [0.05, 0.1) is 6.10 Å². The zero-order valence-corrected chi connectivity index (χ0v) is 11.5. The van der Waals surface area contributed by atoms with Crippen LogP contribution in [0.2, 0.25) is 0 Å². The van der Waals surface area contributed by atoms with Gasteiger partial charge in [-0.1, -0.05) is 42.8 Å². The van der Waals surface area contributed by atoms with E-state index in [9.17, 15) is 5.11 Å². The summed E-state index contributed by atoms with van der Waals surface area (Å²) in [4.78, 5) is 0. The number of hydrogen-bond donors (Lipinski definition) is 1. The molecule has 0 unspecified atom stereocenters. The van der Waals surface area contributed by atoms with E-state index in [-0.39, 0.29) is 11.5 Å². The lowest BCUT2D eigenvalue weighted by Crippen LogP contribution is -2.50. The molecule has 1 N–H and O–H groups in total. The van der Waals surface area contributed by atoms with Gasteiger partial charge in [0.25, 0.3) is 0 Å². The summed E-state index contributed by atoms with van der Waals surface area (Å²) in [6.07, 6.45) is 6.68. The average Bonchev–Trinajstić information content (AvgIpc) is 2.11. The van der Waals surface area contributed by atoms with Crippen LogP contribution in [0.5, 0.6) is 0 Å². The molecule has 2 heteroatoms. The second kappa shape index (κ2) is 3.59. The summed E-state index contributed by atoms with van der Waals surface area (Å²) in [6, 6.07) is 0. The molecule has 86 valence electrons. The van der Waals surface area contributed by atoms with Crippen LogP contribution in [0.1, 0.15) is 46.5 Å². The monoisotopic (exact) mass is 272 g/mol. The van der Waals surface area contributed by atoms with E-state index >= 15 is 0 Å². The summed E-state index contributed by atoms with van der Waals surface area (Å²) >= 11 is 3.64. The second-order valence-corrected chi connectivity index (χ2v) is 7.08. The number of allylic oxidation sites excluding steroid dienone is 2. The first-order valence-corrected chi connectivity index (χ1v) is 6.71. The fourth-order valence-corrected chi connectivity index (χ4v) is 4.41. The molecular formula is C13H21BrO. The van der Waals surface area contributed by atoms with Gasteiger partial charge in [-0.05, 0) is 46.9 Å². The van der Waals surface area contributed by atoms with E-state index < -0.39 is 0 Å². The molecule has 0 heterocycles. The topological polar surface area (TPSA) is 20.2 Å². The highest BCUT2D eigenvalue weighted by atomic mass is 79.9. The van der Waals surface area contributed by atoms with E-state index in [2.05, 4.69) is 42.8 Å². The number of fused-ring (bicyclic) bond motifs is 1. The summed E-state index contributed by atoms with van der Waals surface area (Å²) in [5.74, 6) is 0.620. The smallest absolute Gasteiger partial charge is 0.0594 e. The molecule has 0 amide bonds. The third-order valence-corrected chi connectivity index (χ3v) is 5.29. The van der Waals surface area contributed by atoms with Crippen molar-refractivity contribution in [1.82, 2.24) is 0 Å². The maximum Gasteiger partial charge on any atom is 0.0594 e. The number of rotatable bonds is 0. The first kappa shape index (κ1) is 11.7. The number of halogens is 1. The zero-order valence-electron chi connectivity index (χ0n) is 9.89. The molecule has 3 atom stereocenters. The van der Waals surface area contributed by atoms with Gasteiger partial charge in [-0.15, -0.1) is 0 Å². The third kappa shape index (κ3) is 1.80. The molecule has 1 saturated carbocycles. The van der Waals surface area contributed by atoms with Crippen molar-refractivity contribution in [2.75, 3.05) is 0 Å². The van der Waals surface area contributed by atoms with E-state index in [4.69, 9.17) is 0 Å². The molecule has 2 rings (SSSR count).